The van der Waals surface area contributed by atoms with E-state index in [0.29, 0.717) is 11.0 Å². The number of piperidine rings is 1. The van der Waals surface area contributed by atoms with Crippen LogP contribution < -0.4 is 0 Å². The molecule has 0 saturated carbocycles. The quantitative estimate of drug-likeness (QED) is 0.342. The number of aromatic nitrogens is 3. The number of nitrogens with zero attached hydrogens (tertiary/aromatic N) is 5. The van der Waals surface area contributed by atoms with E-state index in [-0.39, 0.29) is 11.0 Å². The van der Waals surface area contributed by atoms with E-state index in [1.54, 1.807) is 0 Å². The van der Waals surface area contributed by atoms with Crippen LogP contribution in [0.2, 0.25) is 0 Å². The molecule has 1 atom stereocenters. The van der Waals surface area contributed by atoms with Crippen molar-refractivity contribution in [2.75, 3.05) is 32.7 Å². The van der Waals surface area contributed by atoms with E-state index < -0.39 is 0 Å². The van der Waals surface area contributed by atoms with Gasteiger partial charge in [0.15, 0.2) is 0 Å². The Morgan fingerprint density at radius 3 is 1.66 bits per heavy atom. The third-order valence-corrected chi connectivity index (χ3v) is 7.69. The second-order valence-electron chi connectivity index (χ2n) is 16.7. The van der Waals surface area contributed by atoms with Gasteiger partial charge in [-0.15, -0.1) is 0 Å². The molecule has 4 heterocycles. The Morgan fingerprint density at radius 1 is 0.805 bits per heavy atom. The molecule has 0 N–H and O–H groups in total. The molecule has 0 unspecified atom stereocenters. The lowest BCUT2D eigenvalue weighted by Gasteiger charge is -2.32. The Hall–Kier alpha value is -1.59. The van der Waals surface area contributed by atoms with Gasteiger partial charge < -0.3 is 14.0 Å². The van der Waals surface area contributed by atoms with E-state index in [1.807, 2.05) is 19.4 Å². The van der Waals surface area contributed by atoms with Gasteiger partial charge in [-0.3, -0.25) is 4.90 Å². The lowest BCUT2D eigenvalue weighted by molar-refractivity contribution is 0.164. The Morgan fingerprint density at radius 2 is 1.39 bits per heavy atom. The molecule has 0 amide bonds. The molecule has 5 nitrogen and oxygen atoms in total. The maximum Gasteiger partial charge on any atom is 0.113 e. The third-order valence-electron chi connectivity index (χ3n) is 7.69. The standard InChI is InChI=1S/C10H21N.C9H19N.C9H15N.C8H14N2/c1-10(2,3)9-11-7-5-4-6-8-11;1-8-5-6-10(7-8)9(2,3)4;1-8-6-5-7-10(8)9(2,3)4;1-8(2,3)7-9-5-6-10(7)4/h4-9H2,1-3H3;8H,5-7H2,1-4H3;5-7H,1-4H3;5-6H,1-4H3/t;8-;;/m.0../s1. The van der Waals surface area contributed by atoms with Crippen LogP contribution in [-0.4, -0.2) is 62.2 Å². The van der Waals surface area contributed by atoms with Crippen LogP contribution in [0.4, 0.5) is 0 Å². The summed E-state index contributed by atoms with van der Waals surface area (Å²) in [5.74, 6) is 2.05. The minimum absolute atomic E-state index is 0.165. The number of likely N-dealkylation sites (tertiary alicyclic amines) is 2. The molecule has 238 valence electrons. The summed E-state index contributed by atoms with van der Waals surface area (Å²) in [6.07, 6.45) is 11.6. The maximum atomic E-state index is 4.25. The normalized spacial score (nSPS) is 19.0. The third kappa shape index (κ3) is 14.9. The Labute approximate surface area is 256 Å². The monoisotopic (exact) mass is 572 g/mol. The van der Waals surface area contributed by atoms with Crippen molar-refractivity contribution in [2.45, 2.75) is 139 Å². The van der Waals surface area contributed by atoms with Crippen molar-refractivity contribution in [1.82, 2.24) is 23.9 Å². The van der Waals surface area contributed by atoms with Crippen molar-refractivity contribution in [3.8, 4) is 0 Å². The summed E-state index contributed by atoms with van der Waals surface area (Å²) < 4.78 is 4.33. The number of aryl methyl sites for hydroxylation is 2. The predicted molar refractivity (Wildman–Crippen MR) is 181 cm³/mol. The molecule has 0 bridgehead atoms. The molecule has 0 radical (unpaired) electrons. The molecule has 2 aliphatic rings. The molecule has 0 aliphatic carbocycles. The van der Waals surface area contributed by atoms with Crippen LogP contribution in [0.5, 0.6) is 0 Å². The van der Waals surface area contributed by atoms with Gasteiger partial charge in [-0.1, -0.05) is 54.9 Å². The van der Waals surface area contributed by atoms with E-state index in [2.05, 4.69) is 139 Å². The fraction of sp³-hybridized carbons (Fsp3) is 0.806. The fourth-order valence-corrected chi connectivity index (χ4v) is 5.64. The molecular formula is C36H69N5. The molecule has 2 saturated heterocycles. The summed E-state index contributed by atoms with van der Waals surface area (Å²) in [6, 6.07) is 4.21. The van der Waals surface area contributed by atoms with Gasteiger partial charge in [-0.25, -0.2) is 4.98 Å². The van der Waals surface area contributed by atoms with Gasteiger partial charge in [0, 0.05) is 60.9 Å². The first-order chi connectivity index (χ1) is 18.6. The molecule has 2 aromatic heterocycles. The fourth-order valence-electron chi connectivity index (χ4n) is 5.64. The summed E-state index contributed by atoms with van der Waals surface area (Å²) >= 11 is 0. The highest BCUT2D eigenvalue weighted by Crippen LogP contribution is 2.23. The average molecular weight is 572 g/mol. The summed E-state index contributed by atoms with van der Waals surface area (Å²) in [4.78, 5) is 9.42. The van der Waals surface area contributed by atoms with Crippen LogP contribution in [0.15, 0.2) is 30.7 Å². The van der Waals surface area contributed by atoms with E-state index >= 15 is 0 Å². The number of imidazole rings is 1. The molecule has 2 aromatic rings. The number of hydrogen-bond acceptors (Lipinski definition) is 3. The topological polar surface area (TPSA) is 29.2 Å². The van der Waals surface area contributed by atoms with Gasteiger partial charge in [-0.2, -0.15) is 0 Å². The first-order valence-corrected chi connectivity index (χ1v) is 16.2. The van der Waals surface area contributed by atoms with Crippen molar-refractivity contribution < 1.29 is 0 Å². The predicted octanol–water partition coefficient (Wildman–Crippen LogP) is 8.91. The minimum atomic E-state index is 0.165. The smallest absolute Gasteiger partial charge is 0.113 e. The van der Waals surface area contributed by atoms with E-state index in [1.165, 1.54) is 64.1 Å². The highest BCUT2D eigenvalue weighted by Gasteiger charge is 2.27. The van der Waals surface area contributed by atoms with Crippen molar-refractivity contribution in [3.63, 3.8) is 0 Å². The van der Waals surface area contributed by atoms with Crippen LogP contribution in [-0.2, 0) is 18.0 Å². The molecule has 41 heavy (non-hydrogen) atoms. The first-order valence-electron chi connectivity index (χ1n) is 16.2. The van der Waals surface area contributed by atoms with Crippen molar-refractivity contribution >= 4 is 0 Å². The van der Waals surface area contributed by atoms with Crippen molar-refractivity contribution in [1.29, 1.82) is 0 Å². The highest BCUT2D eigenvalue weighted by atomic mass is 15.2. The van der Waals surface area contributed by atoms with Crippen LogP contribution in [0.3, 0.4) is 0 Å². The molecule has 4 rings (SSSR count). The highest BCUT2D eigenvalue weighted by molar-refractivity contribution is 5.07. The Bertz CT molecular complexity index is 915. The number of rotatable bonds is 1. The lowest BCUT2D eigenvalue weighted by atomic mass is 9.95. The van der Waals surface area contributed by atoms with Crippen LogP contribution in [0.25, 0.3) is 0 Å². The average Bonchev–Trinajstić information content (AvgIpc) is 3.54. The second kappa shape index (κ2) is 15.8. The zero-order chi connectivity index (χ0) is 31.6. The van der Waals surface area contributed by atoms with Crippen LogP contribution >= 0.6 is 0 Å². The molecule has 2 fully saturated rings. The lowest BCUT2D eigenvalue weighted by Crippen LogP contribution is -2.39. The first kappa shape index (κ1) is 37.4. The molecule has 2 aliphatic heterocycles. The van der Waals surface area contributed by atoms with Gasteiger partial charge in [0.1, 0.15) is 5.82 Å². The molecular weight excluding hydrogens is 502 g/mol. The zero-order valence-corrected chi connectivity index (χ0v) is 30.1. The van der Waals surface area contributed by atoms with Crippen molar-refractivity contribution in [2.24, 2.45) is 18.4 Å². The molecule has 0 aromatic carbocycles. The van der Waals surface area contributed by atoms with E-state index in [4.69, 9.17) is 0 Å². The van der Waals surface area contributed by atoms with Crippen LogP contribution in [0, 0.1) is 18.3 Å². The van der Waals surface area contributed by atoms with Crippen LogP contribution in [0.1, 0.15) is 127 Å². The van der Waals surface area contributed by atoms with Gasteiger partial charge in [0.2, 0.25) is 0 Å². The van der Waals surface area contributed by atoms with Gasteiger partial charge in [0.05, 0.1) is 0 Å². The van der Waals surface area contributed by atoms with Crippen molar-refractivity contribution in [3.05, 3.63) is 42.2 Å². The van der Waals surface area contributed by atoms with Gasteiger partial charge in [0.25, 0.3) is 0 Å². The largest absolute Gasteiger partial charge is 0.347 e. The summed E-state index contributed by atoms with van der Waals surface area (Å²) in [6.45, 7) is 38.0. The minimum Gasteiger partial charge on any atom is -0.347 e. The molecule has 5 heteroatoms. The zero-order valence-electron chi connectivity index (χ0n) is 30.1. The van der Waals surface area contributed by atoms with E-state index in [0.717, 1.165) is 11.7 Å². The summed E-state index contributed by atoms with van der Waals surface area (Å²) in [5, 5.41) is 0. The summed E-state index contributed by atoms with van der Waals surface area (Å²) in [7, 11) is 2.02. The number of hydrogen-bond donors (Lipinski definition) is 0. The SMILES string of the molecule is CC(C)(C)CN1CCCCC1.C[C@H]1CCN(C(C)(C)C)C1.Cc1cccn1C(C)(C)C.Cn1ccnc1C(C)(C)C. The Kier molecular flexibility index (Phi) is 14.4. The maximum absolute atomic E-state index is 4.25. The Balaban J connectivity index is 0.000000274. The van der Waals surface area contributed by atoms with Gasteiger partial charge >= 0.3 is 0 Å². The second-order valence-corrected chi connectivity index (χ2v) is 16.7. The van der Waals surface area contributed by atoms with E-state index in [9.17, 15) is 0 Å². The molecule has 0 spiro atoms. The van der Waals surface area contributed by atoms with Gasteiger partial charge in [-0.05, 0) is 111 Å². The summed E-state index contributed by atoms with van der Waals surface area (Å²) in [5.41, 5.74) is 2.60.